The molecule has 130 valence electrons. The van der Waals surface area contributed by atoms with Gasteiger partial charge in [-0.15, -0.1) is 0 Å². The first kappa shape index (κ1) is 18.9. The molecule has 4 rings (SSSR count). The molecule has 3 nitrogen and oxygen atoms in total. The van der Waals surface area contributed by atoms with Crippen LogP contribution in [0.15, 0.2) is 32.3 Å². The Kier molecular flexibility index (Phi) is 5.59. The predicted molar refractivity (Wildman–Crippen MR) is 113 cm³/mol. The normalized spacial score (nSPS) is 12.3. The molecule has 1 aromatic heterocycles. The summed E-state index contributed by atoms with van der Waals surface area (Å²) in [4.78, 5) is 4.18. The lowest BCUT2D eigenvalue weighted by Gasteiger charge is -2.06. The van der Waals surface area contributed by atoms with E-state index in [1.807, 2.05) is 38.5 Å². The van der Waals surface area contributed by atoms with Gasteiger partial charge in [0.15, 0.2) is 0 Å². The zero-order chi connectivity index (χ0) is 18.3. The summed E-state index contributed by atoms with van der Waals surface area (Å²) in [5.74, 6) is 0. The Morgan fingerprint density at radius 3 is 2.40 bits per heavy atom. The highest BCUT2D eigenvalue weighted by Gasteiger charge is 2.15. The minimum atomic E-state index is 0.730. The molecule has 25 heavy (non-hydrogen) atoms. The van der Waals surface area contributed by atoms with E-state index in [-0.39, 0.29) is 0 Å². The molecule has 7 heteroatoms. The van der Waals surface area contributed by atoms with E-state index in [2.05, 4.69) is 48.9 Å². The van der Waals surface area contributed by atoms with E-state index in [4.69, 9.17) is 23.2 Å². The lowest BCUT2D eigenvalue weighted by Crippen LogP contribution is -1.91. The van der Waals surface area contributed by atoms with Gasteiger partial charge in [0.2, 0.25) is 0 Å². The molecular formula is C18H15Br2Cl2N3. The number of aryl methyl sites for hydroxylation is 3. The predicted octanol–water partition coefficient (Wildman–Crippen LogP) is 6.64. The lowest BCUT2D eigenvalue weighted by molar-refractivity contribution is 0.779. The maximum Gasteiger partial charge on any atom is 0.0968 e. The fourth-order valence-corrected chi connectivity index (χ4v) is 4.30. The Bertz CT molecular complexity index is 1010. The number of aliphatic imine (C=N–C) groups is 1. The molecule has 2 heterocycles. The Labute approximate surface area is 173 Å². The highest BCUT2D eigenvalue weighted by molar-refractivity contribution is 9.10. The zero-order valence-electron chi connectivity index (χ0n) is 13.9. The molecule has 2 aromatic carbocycles. The molecule has 1 aliphatic rings. The third-order valence-corrected chi connectivity index (χ3v) is 6.57. The summed E-state index contributed by atoms with van der Waals surface area (Å²) in [5.41, 5.74) is 5.67. The summed E-state index contributed by atoms with van der Waals surface area (Å²) in [5, 5.41) is 6.83. The van der Waals surface area contributed by atoms with Crippen LogP contribution in [0, 0.1) is 13.8 Å². The topological polar surface area (TPSA) is 30.2 Å². The van der Waals surface area contributed by atoms with Crippen molar-refractivity contribution < 1.29 is 0 Å². The van der Waals surface area contributed by atoms with Gasteiger partial charge in [-0.05, 0) is 74.5 Å². The smallest absolute Gasteiger partial charge is 0.0968 e. The number of hydrogen-bond acceptors (Lipinski definition) is 2. The molecule has 0 N–H and O–H groups in total. The van der Waals surface area contributed by atoms with Gasteiger partial charge in [-0.1, -0.05) is 23.2 Å². The maximum absolute atomic E-state index is 6.11. The summed E-state index contributed by atoms with van der Waals surface area (Å²) >= 11 is 19.0. The number of hydrogen-bond donors (Lipinski definition) is 0. The largest absolute Gasteiger partial charge is 0.288 e. The van der Waals surface area contributed by atoms with Gasteiger partial charge in [-0.3, -0.25) is 9.67 Å². The number of rotatable bonds is 0. The Balaban J connectivity index is 0.000000146. The molecule has 0 saturated carbocycles. The van der Waals surface area contributed by atoms with Gasteiger partial charge in [0.25, 0.3) is 0 Å². The van der Waals surface area contributed by atoms with Crippen LogP contribution in [0.5, 0.6) is 0 Å². The van der Waals surface area contributed by atoms with E-state index in [0.29, 0.717) is 0 Å². The van der Waals surface area contributed by atoms with Crippen molar-refractivity contribution >= 4 is 72.2 Å². The fraction of sp³-hybridized carbons (Fsp3) is 0.222. The van der Waals surface area contributed by atoms with E-state index in [0.717, 1.165) is 47.6 Å². The second kappa shape index (κ2) is 7.39. The van der Waals surface area contributed by atoms with E-state index in [1.165, 1.54) is 11.1 Å². The number of aromatic nitrogens is 2. The molecule has 0 spiro atoms. The summed E-state index contributed by atoms with van der Waals surface area (Å²) in [6.45, 7) is 4.87. The van der Waals surface area contributed by atoms with E-state index >= 15 is 0 Å². The highest BCUT2D eigenvalue weighted by atomic mass is 79.9. The van der Waals surface area contributed by atoms with Crippen LogP contribution in [0.25, 0.3) is 10.9 Å². The van der Waals surface area contributed by atoms with E-state index in [9.17, 15) is 0 Å². The SMILES string of the molecule is Cc1cc(Br)c(Cl)c2c1CN=C2.Cc1cc(Br)c(Cl)c2cn(C)nc12. The lowest BCUT2D eigenvalue weighted by atomic mass is 10.0. The second-order valence-corrected chi connectivity index (χ2v) is 8.37. The summed E-state index contributed by atoms with van der Waals surface area (Å²) in [6, 6.07) is 4.02. The van der Waals surface area contributed by atoms with Crippen molar-refractivity contribution in [2.75, 3.05) is 0 Å². The third kappa shape index (κ3) is 3.65. The molecule has 0 fully saturated rings. The first-order valence-corrected chi connectivity index (χ1v) is 9.89. The van der Waals surface area contributed by atoms with Crippen LogP contribution in [0.3, 0.4) is 0 Å². The molecule has 3 aromatic rings. The van der Waals surface area contributed by atoms with E-state index < -0.39 is 0 Å². The van der Waals surface area contributed by atoms with Crippen LogP contribution >= 0.6 is 55.1 Å². The van der Waals surface area contributed by atoms with Crippen molar-refractivity contribution in [1.82, 2.24) is 9.78 Å². The first-order chi connectivity index (χ1) is 11.8. The van der Waals surface area contributed by atoms with Crippen molar-refractivity contribution in [2.45, 2.75) is 20.4 Å². The summed E-state index contributed by atoms with van der Waals surface area (Å²) in [6.07, 6.45) is 3.77. The average Bonchev–Trinajstić information content (AvgIpc) is 3.18. The number of halogens is 4. The Morgan fingerprint density at radius 1 is 1.04 bits per heavy atom. The summed E-state index contributed by atoms with van der Waals surface area (Å²) < 4.78 is 3.65. The van der Waals surface area contributed by atoms with Crippen molar-refractivity contribution in [3.63, 3.8) is 0 Å². The summed E-state index contributed by atoms with van der Waals surface area (Å²) in [7, 11) is 1.89. The van der Waals surface area contributed by atoms with Crippen molar-refractivity contribution in [3.05, 3.63) is 59.6 Å². The monoisotopic (exact) mass is 501 g/mol. The first-order valence-electron chi connectivity index (χ1n) is 7.54. The molecule has 0 unspecified atom stereocenters. The van der Waals surface area contributed by atoms with Crippen LogP contribution in [0.4, 0.5) is 0 Å². The van der Waals surface area contributed by atoms with Gasteiger partial charge in [0, 0.05) is 39.4 Å². The standard InChI is InChI=1S/C9H8BrClN2.C9H7BrClN/c1-5-3-7(10)8(11)6-4-13(2)12-9(5)6;1-5-2-8(10)9(11)7-4-12-3-6(5)7/h3-4H,1-2H3;2,4H,3H2,1H3. The highest BCUT2D eigenvalue weighted by Crippen LogP contribution is 2.33. The van der Waals surface area contributed by atoms with Crippen LogP contribution in [-0.2, 0) is 13.6 Å². The minimum Gasteiger partial charge on any atom is -0.288 e. The maximum atomic E-state index is 6.11. The molecule has 0 aliphatic carbocycles. The number of fused-ring (bicyclic) bond motifs is 2. The zero-order valence-corrected chi connectivity index (χ0v) is 18.6. The molecule has 0 bridgehead atoms. The van der Waals surface area contributed by atoms with Crippen molar-refractivity contribution in [2.24, 2.45) is 12.0 Å². The van der Waals surface area contributed by atoms with Crippen LogP contribution in [0.2, 0.25) is 10.0 Å². The van der Waals surface area contributed by atoms with Crippen LogP contribution < -0.4 is 0 Å². The molecular weight excluding hydrogens is 489 g/mol. The molecule has 1 aliphatic heterocycles. The molecule has 0 amide bonds. The van der Waals surface area contributed by atoms with Crippen LogP contribution in [0.1, 0.15) is 22.3 Å². The fourth-order valence-electron chi connectivity index (χ4n) is 2.78. The molecule has 0 saturated heterocycles. The third-order valence-electron chi connectivity index (χ3n) is 4.05. The molecule has 0 radical (unpaired) electrons. The van der Waals surface area contributed by atoms with Crippen molar-refractivity contribution in [3.8, 4) is 0 Å². The van der Waals surface area contributed by atoms with Gasteiger partial charge in [-0.25, -0.2) is 0 Å². The Morgan fingerprint density at radius 2 is 1.68 bits per heavy atom. The van der Waals surface area contributed by atoms with Gasteiger partial charge >= 0.3 is 0 Å². The Hall–Kier alpha value is -0.880. The molecule has 0 atom stereocenters. The van der Waals surface area contributed by atoms with Gasteiger partial charge in [0.1, 0.15) is 0 Å². The van der Waals surface area contributed by atoms with Gasteiger partial charge in [0.05, 0.1) is 22.1 Å². The van der Waals surface area contributed by atoms with Gasteiger partial charge < -0.3 is 0 Å². The quantitative estimate of drug-likeness (QED) is 0.338. The average molecular weight is 504 g/mol. The van der Waals surface area contributed by atoms with Gasteiger partial charge in [-0.2, -0.15) is 5.10 Å². The van der Waals surface area contributed by atoms with Crippen molar-refractivity contribution in [1.29, 1.82) is 0 Å². The van der Waals surface area contributed by atoms with Crippen LogP contribution in [-0.4, -0.2) is 16.0 Å². The van der Waals surface area contributed by atoms with E-state index in [1.54, 1.807) is 4.68 Å². The second-order valence-electron chi connectivity index (χ2n) is 5.91. The number of benzene rings is 2. The minimum absolute atomic E-state index is 0.730. The number of nitrogens with zero attached hydrogens (tertiary/aromatic N) is 3.